The quantitative estimate of drug-likeness (QED) is 0.904. The van der Waals surface area contributed by atoms with E-state index in [2.05, 4.69) is 15.3 Å². The van der Waals surface area contributed by atoms with Gasteiger partial charge in [-0.25, -0.2) is 9.97 Å². The van der Waals surface area contributed by atoms with Gasteiger partial charge in [0.25, 0.3) is 0 Å². The van der Waals surface area contributed by atoms with Gasteiger partial charge in [-0.1, -0.05) is 18.2 Å². The van der Waals surface area contributed by atoms with Crippen molar-refractivity contribution in [2.75, 3.05) is 23.3 Å². The first-order chi connectivity index (χ1) is 11.1. The summed E-state index contributed by atoms with van der Waals surface area (Å²) < 4.78 is 0. The van der Waals surface area contributed by atoms with Gasteiger partial charge in [0.05, 0.1) is 5.92 Å². The minimum atomic E-state index is -0.733. The summed E-state index contributed by atoms with van der Waals surface area (Å²) in [4.78, 5) is 22.2. The van der Waals surface area contributed by atoms with Crippen LogP contribution >= 0.6 is 0 Å². The molecule has 1 atom stereocenters. The Labute approximate surface area is 135 Å². The Kier molecular flexibility index (Phi) is 4.41. The van der Waals surface area contributed by atoms with Crippen LogP contribution in [0.4, 0.5) is 17.3 Å². The van der Waals surface area contributed by atoms with Crippen LogP contribution in [0.15, 0.2) is 36.4 Å². The smallest absolute Gasteiger partial charge is 0.308 e. The number of carbonyl (C=O) groups is 1. The Morgan fingerprint density at radius 3 is 2.83 bits per heavy atom. The molecule has 6 heteroatoms. The molecule has 2 N–H and O–H groups in total. The molecule has 2 aromatic rings. The Bertz CT molecular complexity index is 690. The summed E-state index contributed by atoms with van der Waals surface area (Å²) >= 11 is 0. The zero-order valence-corrected chi connectivity index (χ0v) is 13.1. The third kappa shape index (κ3) is 3.77. The normalized spacial score (nSPS) is 17.8. The third-order valence-corrected chi connectivity index (χ3v) is 3.97. The molecule has 2 heterocycles. The van der Waals surface area contributed by atoms with Crippen LogP contribution in [0.2, 0.25) is 0 Å². The second-order valence-corrected chi connectivity index (χ2v) is 5.77. The number of piperidine rings is 1. The highest BCUT2D eigenvalue weighted by molar-refractivity contribution is 5.71. The molecule has 0 aliphatic carbocycles. The molecule has 1 aromatic carbocycles. The average molecular weight is 312 g/mol. The molecule has 1 aliphatic heterocycles. The summed E-state index contributed by atoms with van der Waals surface area (Å²) in [5.41, 5.74) is 0.957. The fourth-order valence-electron chi connectivity index (χ4n) is 2.83. The summed E-state index contributed by atoms with van der Waals surface area (Å²) in [5.74, 6) is 1.10. The van der Waals surface area contributed by atoms with Gasteiger partial charge in [0.2, 0.25) is 0 Å². The van der Waals surface area contributed by atoms with Crippen LogP contribution in [-0.2, 0) is 4.79 Å². The minimum Gasteiger partial charge on any atom is -0.481 e. The summed E-state index contributed by atoms with van der Waals surface area (Å²) in [6, 6.07) is 11.7. The highest BCUT2D eigenvalue weighted by atomic mass is 16.4. The third-order valence-electron chi connectivity index (χ3n) is 3.97. The van der Waals surface area contributed by atoms with Crippen LogP contribution in [0.5, 0.6) is 0 Å². The number of anilines is 3. The predicted octanol–water partition coefficient (Wildman–Crippen LogP) is 2.83. The summed E-state index contributed by atoms with van der Waals surface area (Å²) in [6.45, 7) is 3.17. The van der Waals surface area contributed by atoms with Crippen molar-refractivity contribution in [3.8, 4) is 0 Å². The molecule has 0 saturated carbocycles. The Morgan fingerprint density at radius 2 is 2.09 bits per heavy atom. The van der Waals surface area contributed by atoms with E-state index in [1.54, 1.807) is 0 Å². The first kappa shape index (κ1) is 15.3. The fourth-order valence-corrected chi connectivity index (χ4v) is 2.83. The number of rotatable bonds is 4. The highest BCUT2D eigenvalue weighted by Gasteiger charge is 2.26. The molecule has 0 radical (unpaired) electrons. The summed E-state index contributed by atoms with van der Waals surface area (Å²) in [5, 5.41) is 12.5. The molecular formula is C17H20N4O2. The van der Waals surface area contributed by atoms with Gasteiger partial charge in [0.1, 0.15) is 17.5 Å². The number of benzene rings is 1. The minimum absolute atomic E-state index is 0.329. The fraction of sp³-hybridized carbons (Fsp3) is 0.353. The molecule has 0 bridgehead atoms. The van der Waals surface area contributed by atoms with Crippen molar-refractivity contribution in [2.24, 2.45) is 5.92 Å². The molecular weight excluding hydrogens is 292 g/mol. The van der Waals surface area contributed by atoms with Gasteiger partial charge in [-0.2, -0.15) is 0 Å². The summed E-state index contributed by atoms with van der Waals surface area (Å²) in [7, 11) is 0. The maximum absolute atomic E-state index is 11.2. The second kappa shape index (κ2) is 6.64. The lowest BCUT2D eigenvalue weighted by molar-refractivity contribution is -0.141. The van der Waals surface area contributed by atoms with E-state index in [1.807, 2.05) is 48.2 Å². The van der Waals surface area contributed by atoms with E-state index < -0.39 is 5.97 Å². The van der Waals surface area contributed by atoms with Crippen molar-refractivity contribution < 1.29 is 9.90 Å². The van der Waals surface area contributed by atoms with Gasteiger partial charge >= 0.3 is 5.97 Å². The number of nitrogens with zero attached hydrogens (tertiary/aromatic N) is 3. The van der Waals surface area contributed by atoms with Crippen LogP contribution in [0.25, 0.3) is 0 Å². The van der Waals surface area contributed by atoms with Crippen LogP contribution in [0.1, 0.15) is 18.7 Å². The molecule has 1 fully saturated rings. The van der Waals surface area contributed by atoms with Crippen LogP contribution in [0.3, 0.4) is 0 Å². The van der Waals surface area contributed by atoms with Gasteiger partial charge in [-0.05, 0) is 31.9 Å². The Hall–Kier alpha value is -2.63. The van der Waals surface area contributed by atoms with E-state index >= 15 is 0 Å². The van der Waals surface area contributed by atoms with Gasteiger partial charge in [0.15, 0.2) is 0 Å². The van der Waals surface area contributed by atoms with Crippen molar-refractivity contribution in [1.29, 1.82) is 0 Å². The number of hydrogen-bond donors (Lipinski definition) is 2. The summed E-state index contributed by atoms with van der Waals surface area (Å²) in [6.07, 6.45) is 1.59. The van der Waals surface area contributed by atoms with E-state index in [0.29, 0.717) is 12.4 Å². The van der Waals surface area contributed by atoms with Gasteiger partial charge in [0, 0.05) is 24.8 Å². The molecule has 6 nitrogen and oxygen atoms in total. The number of aromatic nitrogens is 2. The second-order valence-electron chi connectivity index (χ2n) is 5.77. The Balaban J connectivity index is 1.81. The first-order valence-corrected chi connectivity index (χ1v) is 7.77. The molecule has 0 unspecified atom stereocenters. The highest BCUT2D eigenvalue weighted by Crippen LogP contribution is 2.24. The monoisotopic (exact) mass is 312 g/mol. The van der Waals surface area contributed by atoms with Gasteiger partial charge in [-0.3, -0.25) is 4.79 Å². The maximum atomic E-state index is 11.2. The van der Waals surface area contributed by atoms with Crippen LogP contribution < -0.4 is 10.2 Å². The number of hydrogen-bond acceptors (Lipinski definition) is 5. The number of para-hydroxylation sites is 1. The molecule has 120 valence electrons. The lowest BCUT2D eigenvalue weighted by Crippen LogP contribution is -2.39. The van der Waals surface area contributed by atoms with E-state index in [1.165, 1.54) is 0 Å². The van der Waals surface area contributed by atoms with Crippen molar-refractivity contribution in [2.45, 2.75) is 19.8 Å². The SMILES string of the molecule is Cc1nc(Nc2ccccc2)cc(N2CCC[C@@H](C(=O)O)C2)n1. The van der Waals surface area contributed by atoms with Crippen molar-refractivity contribution in [3.05, 3.63) is 42.2 Å². The van der Waals surface area contributed by atoms with Crippen LogP contribution in [0, 0.1) is 12.8 Å². The van der Waals surface area contributed by atoms with Crippen molar-refractivity contribution in [3.63, 3.8) is 0 Å². The van der Waals surface area contributed by atoms with Crippen LogP contribution in [-0.4, -0.2) is 34.1 Å². The first-order valence-electron chi connectivity index (χ1n) is 7.77. The zero-order chi connectivity index (χ0) is 16.2. The number of aryl methyl sites for hydroxylation is 1. The molecule has 3 rings (SSSR count). The Morgan fingerprint density at radius 1 is 1.30 bits per heavy atom. The largest absolute Gasteiger partial charge is 0.481 e. The van der Waals surface area contributed by atoms with E-state index in [-0.39, 0.29) is 5.92 Å². The standard InChI is InChI=1S/C17H20N4O2/c1-12-18-15(20-14-7-3-2-4-8-14)10-16(19-12)21-9-5-6-13(11-21)17(22)23/h2-4,7-8,10,13H,5-6,9,11H2,1H3,(H,22,23)(H,18,19,20)/t13-/m1/s1. The van der Waals surface area contributed by atoms with E-state index in [4.69, 9.17) is 0 Å². The lowest BCUT2D eigenvalue weighted by Gasteiger charge is -2.31. The zero-order valence-electron chi connectivity index (χ0n) is 13.1. The van der Waals surface area contributed by atoms with E-state index in [9.17, 15) is 9.90 Å². The molecule has 1 saturated heterocycles. The van der Waals surface area contributed by atoms with Gasteiger partial charge in [-0.15, -0.1) is 0 Å². The maximum Gasteiger partial charge on any atom is 0.308 e. The number of aliphatic carboxylic acids is 1. The molecule has 23 heavy (non-hydrogen) atoms. The number of nitrogens with one attached hydrogen (secondary N) is 1. The number of carboxylic acid groups (broad SMARTS) is 1. The molecule has 0 spiro atoms. The average Bonchev–Trinajstić information content (AvgIpc) is 2.55. The van der Waals surface area contributed by atoms with Gasteiger partial charge < -0.3 is 15.3 Å². The van der Waals surface area contributed by atoms with Crippen molar-refractivity contribution in [1.82, 2.24) is 9.97 Å². The lowest BCUT2D eigenvalue weighted by atomic mass is 9.98. The van der Waals surface area contributed by atoms with Crippen molar-refractivity contribution >= 4 is 23.3 Å². The molecule has 1 aromatic heterocycles. The van der Waals surface area contributed by atoms with E-state index in [0.717, 1.165) is 36.7 Å². The molecule has 0 amide bonds. The number of carboxylic acids is 1. The predicted molar refractivity (Wildman–Crippen MR) is 89.1 cm³/mol. The topological polar surface area (TPSA) is 78.4 Å². The molecule has 1 aliphatic rings.